The Balaban J connectivity index is 1.30. The molecule has 31 heavy (non-hydrogen) atoms. The van der Waals surface area contributed by atoms with Gasteiger partial charge >= 0.3 is 0 Å². The normalized spacial score (nSPS) is 60.9. The summed E-state index contributed by atoms with van der Waals surface area (Å²) in [6, 6.07) is 0. The average Bonchev–Trinajstić information content (AvgIpc) is 3.18. The highest BCUT2D eigenvalue weighted by molar-refractivity contribution is 5.87. The highest BCUT2D eigenvalue weighted by Gasteiger charge is 2.71. The van der Waals surface area contributed by atoms with Gasteiger partial charge in [-0.2, -0.15) is 0 Å². The van der Waals surface area contributed by atoms with Crippen LogP contribution in [0.1, 0.15) is 85.5 Å². The van der Waals surface area contributed by atoms with E-state index in [-0.39, 0.29) is 29.0 Å². The fourth-order valence-corrected chi connectivity index (χ4v) is 9.93. The largest absolute Gasteiger partial charge is 0.393 e. The third-order valence-electron chi connectivity index (χ3n) is 11.8. The molecular formula is C27H42O4. The zero-order valence-corrected chi connectivity index (χ0v) is 19.9. The number of ketones is 1. The minimum absolute atomic E-state index is 0.131. The quantitative estimate of drug-likeness (QED) is 0.589. The molecule has 2 aliphatic heterocycles. The molecule has 2 saturated heterocycles. The maximum Gasteiger partial charge on any atom is 0.171 e. The van der Waals surface area contributed by atoms with Crippen LogP contribution >= 0.6 is 0 Å². The van der Waals surface area contributed by atoms with E-state index in [1.165, 1.54) is 12.8 Å². The number of fused-ring (bicyclic) bond motifs is 7. The highest BCUT2D eigenvalue weighted by Crippen LogP contribution is 2.70. The molecule has 0 aromatic carbocycles. The fraction of sp³-hybridized carbons (Fsp3) is 0.963. The van der Waals surface area contributed by atoms with Crippen LogP contribution in [0.25, 0.3) is 0 Å². The van der Waals surface area contributed by atoms with Crippen molar-refractivity contribution in [1.29, 1.82) is 0 Å². The van der Waals surface area contributed by atoms with Crippen LogP contribution in [0, 0.1) is 52.3 Å². The molecule has 4 nitrogen and oxygen atoms in total. The van der Waals surface area contributed by atoms with E-state index in [9.17, 15) is 9.90 Å². The lowest BCUT2D eigenvalue weighted by Crippen LogP contribution is -2.58. The molecular weight excluding hydrogens is 388 g/mol. The Kier molecular flexibility index (Phi) is 4.62. The number of Topliss-reactive ketones (excluding diaryl/α,β-unsaturated/α-hetero) is 1. The Bertz CT molecular complexity index is 756. The molecule has 4 heteroatoms. The number of carbonyl (C=O) groups excluding carboxylic acids is 1. The molecule has 6 rings (SSSR count). The predicted octanol–water partition coefficient (Wildman–Crippen LogP) is 4.97. The number of hydrogen-bond donors (Lipinski definition) is 1. The van der Waals surface area contributed by atoms with Gasteiger partial charge in [-0.15, -0.1) is 0 Å². The summed E-state index contributed by atoms with van der Waals surface area (Å²) in [7, 11) is 0. The zero-order chi connectivity index (χ0) is 21.8. The first-order valence-corrected chi connectivity index (χ1v) is 13.2. The first-order chi connectivity index (χ1) is 14.7. The molecule has 4 aliphatic carbocycles. The van der Waals surface area contributed by atoms with E-state index in [4.69, 9.17) is 9.47 Å². The van der Waals surface area contributed by atoms with Gasteiger partial charge in [0.15, 0.2) is 5.79 Å². The van der Waals surface area contributed by atoms with Crippen LogP contribution in [0.2, 0.25) is 0 Å². The van der Waals surface area contributed by atoms with Crippen LogP contribution in [0.4, 0.5) is 0 Å². The molecule has 174 valence electrons. The van der Waals surface area contributed by atoms with Crippen LogP contribution in [0.5, 0.6) is 0 Å². The van der Waals surface area contributed by atoms with Gasteiger partial charge in [0.1, 0.15) is 5.78 Å². The zero-order valence-electron chi connectivity index (χ0n) is 19.9. The van der Waals surface area contributed by atoms with Crippen LogP contribution in [0.3, 0.4) is 0 Å². The lowest BCUT2D eigenvalue weighted by molar-refractivity contribution is -0.272. The van der Waals surface area contributed by atoms with Crippen LogP contribution < -0.4 is 0 Å². The van der Waals surface area contributed by atoms with Gasteiger partial charge in [-0.05, 0) is 80.0 Å². The summed E-state index contributed by atoms with van der Waals surface area (Å²) in [6.07, 6.45) is 9.39. The Morgan fingerprint density at radius 3 is 2.55 bits per heavy atom. The average molecular weight is 431 g/mol. The molecule has 4 saturated carbocycles. The van der Waals surface area contributed by atoms with Gasteiger partial charge in [-0.25, -0.2) is 0 Å². The molecule has 1 spiro atoms. The van der Waals surface area contributed by atoms with Crippen LogP contribution in [-0.4, -0.2) is 35.5 Å². The Morgan fingerprint density at radius 1 is 1.00 bits per heavy atom. The molecule has 0 amide bonds. The summed E-state index contributed by atoms with van der Waals surface area (Å²) >= 11 is 0. The van der Waals surface area contributed by atoms with Crippen molar-refractivity contribution in [3.05, 3.63) is 0 Å². The number of aliphatic hydroxyl groups is 1. The van der Waals surface area contributed by atoms with E-state index in [1.54, 1.807) is 0 Å². The van der Waals surface area contributed by atoms with Gasteiger partial charge in [0.25, 0.3) is 0 Å². The minimum Gasteiger partial charge on any atom is -0.393 e. The molecule has 1 N–H and O–H groups in total. The smallest absolute Gasteiger partial charge is 0.171 e. The van der Waals surface area contributed by atoms with Crippen LogP contribution in [0.15, 0.2) is 0 Å². The summed E-state index contributed by atoms with van der Waals surface area (Å²) in [5, 5.41) is 10.3. The van der Waals surface area contributed by atoms with E-state index < -0.39 is 5.79 Å². The fourth-order valence-electron chi connectivity index (χ4n) is 9.93. The van der Waals surface area contributed by atoms with Gasteiger partial charge in [-0.1, -0.05) is 27.7 Å². The third kappa shape index (κ3) is 2.68. The minimum atomic E-state index is -0.448. The SMILES string of the molecule is C[C@@H]1CC[C@@]2(OC1)O[C@H]1C[C@H]3[C@@H]4CC[C@H]5C[C@@H](O)CC[C@]5(C)[C@H]4CC(=O)[C@]3(C)[C@H]1[C@@H]2C. The van der Waals surface area contributed by atoms with Gasteiger partial charge in [0.05, 0.1) is 18.8 Å². The number of hydrogen-bond acceptors (Lipinski definition) is 4. The van der Waals surface area contributed by atoms with Gasteiger partial charge in [-0.3, -0.25) is 4.79 Å². The van der Waals surface area contributed by atoms with E-state index in [0.717, 1.165) is 51.6 Å². The lowest BCUT2D eigenvalue weighted by Gasteiger charge is -2.60. The molecule has 0 aromatic heterocycles. The van der Waals surface area contributed by atoms with Crippen molar-refractivity contribution >= 4 is 5.78 Å². The topological polar surface area (TPSA) is 55.8 Å². The maximum absolute atomic E-state index is 14.0. The monoisotopic (exact) mass is 430 g/mol. The lowest BCUT2D eigenvalue weighted by atomic mass is 9.44. The number of rotatable bonds is 0. The molecule has 0 bridgehead atoms. The second kappa shape index (κ2) is 6.79. The number of ether oxygens (including phenoxy) is 2. The first-order valence-electron chi connectivity index (χ1n) is 13.2. The van der Waals surface area contributed by atoms with Crippen molar-refractivity contribution in [2.75, 3.05) is 6.61 Å². The molecule has 6 aliphatic rings. The molecule has 0 aromatic rings. The van der Waals surface area contributed by atoms with Crippen molar-refractivity contribution in [1.82, 2.24) is 0 Å². The Morgan fingerprint density at radius 2 is 1.81 bits per heavy atom. The summed E-state index contributed by atoms with van der Waals surface area (Å²) in [6.45, 7) is 10.1. The van der Waals surface area contributed by atoms with E-state index in [1.807, 2.05) is 0 Å². The van der Waals surface area contributed by atoms with Crippen molar-refractivity contribution < 1.29 is 19.4 Å². The van der Waals surface area contributed by atoms with Gasteiger partial charge in [0.2, 0.25) is 0 Å². The van der Waals surface area contributed by atoms with Crippen LogP contribution in [-0.2, 0) is 14.3 Å². The van der Waals surface area contributed by atoms with Crippen molar-refractivity contribution in [2.45, 2.75) is 103 Å². The molecule has 12 atom stereocenters. The second-order valence-corrected chi connectivity index (χ2v) is 13.0. The predicted molar refractivity (Wildman–Crippen MR) is 118 cm³/mol. The van der Waals surface area contributed by atoms with E-state index in [0.29, 0.717) is 41.3 Å². The van der Waals surface area contributed by atoms with E-state index in [2.05, 4.69) is 27.7 Å². The summed E-state index contributed by atoms with van der Waals surface area (Å²) in [4.78, 5) is 14.0. The van der Waals surface area contributed by atoms with Crippen molar-refractivity contribution in [3.8, 4) is 0 Å². The second-order valence-electron chi connectivity index (χ2n) is 13.0. The van der Waals surface area contributed by atoms with Gasteiger partial charge in [0, 0.05) is 30.1 Å². The standard InChI is InChI=1S/C27H42O4/c1-15-7-10-27(30-14-15)16(2)24-22(31-27)12-21-19-6-5-17-11-18(28)8-9-25(17,3)20(19)13-23(29)26(21,24)4/h15-22,24,28H,5-14H2,1-4H3/t15-,16+,17+,18+,19-,20+,21+,22+,24+,25+,26-,27-/m1/s1. The molecule has 0 unspecified atom stereocenters. The van der Waals surface area contributed by atoms with Gasteiger partial charge < -0.3 is 14.6 Å². The first kappa shape index (κ1) is 21.1. The van der Waals surface area contributed by atoms with Crippen molar-refractivity contribution in [2.24, 2.45) is 52.3 Å². The maximum atomic E-state index is 14.0. The number of carbonyl (C=O) groups is 1. The Labute approximate surface area is 187 Å². The Hall–Kier alpha value is -0.450. The third-order valence-corrected chi connectivity index (χ3v) is 11.8. The molecule has 2 heterocycles. The van der Waals surface area contributed by atoms with E-state index >= 15 is 0 Å². The number of aliphatic hydroxyl groups excluding tert-OH is 1. The van der Waals surface area contributed by atoms with Crippen molar-refractivity contribution in [3.63, 3.8) is 0 Å². The molecule has 6 fully saturated rings. The highest BCUT2D eigenvalue weighted by atomic mass is 16.7. The summed E-state index contributed by atoms with van der Waals surface area (Å²) < 4.78 is 13.2. The summed E-state index contributed by atoms with van der Waals surface area (Å²) in [5.74, 6) is 3.45. The molecule has 0 radical (unpaired) electrons. The summed E-state index contributed by atoms with van der Waals surface area (Å²) in [5.41, 5.74) is -0.0221.